The van der Waals surface area contributed by atoms with Crippen LogP contribution in [-0.4, -0.2) is 19.2 Å². The Balaban J connectivity index is 2.27. The van der Waals surface area contributed by atoms with Gasteiger partial charge in [-0.25, -0.2) is 0 Å². The first kappa shape index (κ1) is 10.6. The second-order valence-electron chi connectivity index (χ2n) is 3.85. The number of nitrogens with zero attached hydrogens (tertiary/aromatic N) is 1. The van der Waals surface area contributed by atoms with Gasteiger partial charge in [-0.05, 0) is 37.3 Å². The molecule has 0 atom stereocenters. The van der Waals surface area contributed by atoms with E-state index in [0.29, 0.717) is 0 Å². The maximum absolute atomic E-state index is 5.19. The molecule has 0 aliphatic heterocycles. The molecule has 3 nitrogen and oxygen atoms in total. The van der Waals surface area contributed by atoms with Gasteiger partial charge in [0.1, 0.15) is 0 Å². The van der Waals surface area contributed by atoms with E-state index in [0.717, 1.165) is 18.5 Å². The molecule has 15 heavy (non-hydrogen) atoms. The van der Waals surface area contributed by atoms with Crippen molar-refractivity contribution in [3.05, 3.63) is 29.1 Å². The second kappa shape index (κ2) is 4.73. The molecule has 0 spiro atoms. The summed E-state index contributed by atoms with van der Waals surface area (Å²) in [6, 6.07) is 4.16. The number of methoxy groups -OCH3 is 2. The molecule has 82 valence electrons. The third-order valence-electron chi connectivity index (χ3n) is 2.87. The average Bonchev–Trinajstić information content (AvgIpc) is 2.30. The molecule has 0 N–H and O–H groups in total. The molecule has 1 aromatic heterocycles. The Morgan fingerprint density at radius 2 is 1.87 bits per heavy atom. The molecular weight excluding hydrogens is 190 g/mol. The molecule has 0 saturated heterocycles. The first-order valence-electron chi connectivity index (χ1n) is 5.39. The molecule has 0 amide bonds. The van der Waals surface area contributed by atoms with E-state index in [1.807, 2.05) is 6.07 Å². The number of ether oxygens (including phenoxy) is 2. The molecule has 0 unspecified atom stereocenters. The Labute approximate surface area is 90.4 Å². The largest absolute Gasteiger partial charge is 0.350 e. The lowest BCUT2D eigenvalue weighted by Gasteiger charge is -2.18. The van der Waals surface area contributed by atoms with Crippen LogP contribution in [0.1, 0.15) is 36.1 Å². The topological polar surface area (TPSA) is 31.4 Å². The molecule has 1 aliphatic rings. The third kappa shape index (κ3) is 2.19. The van der Waals surface area contributed by atoms with Crippen LogP contribution in [0.3, 0.4) is 0 Å². The van der Waals surface area contributed by atoms with Crippen LogP contribution in [0.5, 0.6) is 0 Å². The molecule has 0 radical (unpaired) electrons. The number of hydrogen-bond acceptors (Lipinski definition) is 3. The van der Waals surface area contributed by atoms with Gasteiger partial charge in [0.2, 0.25) is 6.29 Å². The van der Waals surface area contributed by atoms with Crippen molar-refractivity contribution in [3.8, 4) is 0 Å². The van der Waals surface area contributed by atoms with Crippen LogP contribution in [-0.2, 0) is 22.3 Å². The van der Waals surface area contributed by atoms with Crippen molar-refractivity contribution in [1.82, 2.24) is 4.98 Å². The van der Waals surface area contributed by atoms with Crippen molar-refractivity contribution in [2.45, 2.75) is 32.0 Å². The summed E-state index contributed by atoms with van der Waals surface area (Å²) in [5, 5.41) is 0. The van der Waals surface area contributed by atoms with E-state index in [2.05, 4.69) is 11.1 Å². The normalized spacial score (nSPS) is 15.4. The molecule has 0 bridgehead atoms. The predicted molar refractivity (Wildman–Crippen MR) is 57.6 cm³/mol. The molecule has 1 heterocycles. The lowest BCUT2D eigenvalue weighted by molar-refractivity contribution is -0.108. The summed E-state index contributed by atoms with van der Waals surface area (Å²) in [7, 11) is 3.27. The first-order chi connectivity index (χ1) is 7.35. The molecule has 2 rings (SSSR count). The van der Waals surface area contributed by atoms with E-state index in [-0.39, 0.29) is 6.29 Å². The fourth-order valence-electron chi connectivity index (χ4n) is 2.07. The van der Waals surface area contributed by atoms with Gasteiger partial charge in [0.15, 0.2) is 0 Å². The van der Waals surface area contributed by atoms with Crippen molar-refractivity contribution in [2.75, 3.05) is 14.2 Å². The fourth-order valence-corrected chi connectivity index (χ4v) is 2.07. The first-order valence-corrected chi connectivity index (χ1v) is 5.39. The summed E-state index contributed by atoms with van der Waals surface area (Å²) >= 11 is 0. The highest BCUT2D eigenvalue weighted by atomic mass is 16.7. The Morgan fingerprint density at radius 3 is 2.60 bits per heavy atom. The van der Waals surface area contributed by atoms with E-state index in [9.17, 15) is 0 Å². The number of rotatable bonds is 3. The molecule has 1 aromatic rings. The molecule has 3 heteroatoms. The summed E-state index contributed by atoms with van der Waals surface area (Å²) in [5.41, 5.74) is 3.48. The quantitative estimate of drug-likeness (QED) is 0.712. The molecule has 0 aromatic carbocycles. The van der Waals surface area contributed by atoms with Gasteiger partial charge < -0.3 is 9.47 Å². The zero-order valence-electron chi connectivity index (χ0n) is 9.32. The number of pyridine rings is 1. The Kier molecular flexibility index (Phi) is 3.34. The molecular formula is C12H17NO2. The smallest absolute Gasteiger partial charge is 0.200 e. The Hall–Kier alpha value is -0.930. The second-order valence-corrected chi connectivity index (χ2v) is 3.85. The maximum Gasteiger partial charge on any atom is 0.200 e. The van der Waals surface area contributed by atoms with E-state index < -0.39 is 0 Å². The maximum atomic E-state index is 5.19. The van der Waals surface area contributed by atoms with Crippen LogP contribution >= 0.6 is 0 Å². The highest BCUT2D eigenvalue weighted by molar-refractivity contribution is 5.25. The third-order valence-corrected chi connectivity index (χ3v) is 2.87. The number of aryl methyl sites for hydroxylation is 2. The van der Waals surface area contributed by atoms with Crippen LogP contribution in [0.4, 0.5) is 0 Å². The van der Waals surface area contributed by atoms with Gasteiger partial charge in [-0.15, -0.1) is 0 Å². The van der Waals surface area contributed by atoms with Crippen molar-refractivity contribution < 1.29 is 9.47 Å². The summed E-state index contributed by atoms with van der Waals surface area (Å²) in [5.74, 6) is 0. The molecule has 0 fully saturated rings. The van der Waals surface area contributed by atoms with E-state index >= 15 is 0 Å². The van der Waals surface area contributed by atoms with Crippen molar-refractivity contribution in [3.63, 3.8) is 0 Å². The zero-order chi connectivity index (χ0) is 10.7. The average molecular weight is 207 g/mol. The monoisotopic (exact) mass is 207 g/mol. The van der Waals surface area contributed by atoms with Gasteiger partial charge in [0.05, 0.1) is 5.69 Å². The lowest BCUT2D eigenvalue weighted by atomic mass is 9.96. The fraction of sp³-hybridized carbons (Fsp3) is 0.583. The summed E-state index contributed by atoms with van der Waals surface area (Å²) in [6.07, 6.45) is 4.44. The standard InChI is InChI=1S/C12H17NO2/c1-14-12(15-2)11-8-7-9-5-3-4-6-10(9)13-11/h7-8,12H,3-6H2,1-2H3. The van der Waals surface area contributed by atoms with Gasteiger partial charge in [0.25, 0.3) is 0 Å². The number of fused-ring (bicyclic) bond motifs is 1. The Morgan fingerprint density at radius 1 is 1.13 bits per heavy atom. The van der Waals surface area contributed by atoms with Crippen LogP contribution < -0.4 is 0 Å². The van der Waals surface area contributed by atoms with E-state index in [1.54, 1.807) is 14.2 Å². The van der Waals surface area contributed by atoms with Gasteiger partial charge in [-0.2, -0.15) is 0 Å². The van der Waals surface area contributed by atoms with E-state index in [1.165, 1.54) is 24.1 Å². The highest BCUT2D eigenvalue weighted by Crippen LogP contribution is 2.22. The minimum absolute atomic E-state index is 0.336. The minimum atomic E-state index is -0.336. The number of aromatic nitrogens is 1. The lowest BCUT2D eigenvalue weighted by Crippen LogP contribution is -2.11. The van der Waals surface area contributed by atoms with E-state index in [4.69, 9.17) is 9.47 Å². The molecule has 0 saturated carbocycles. The number of hydrogen-bond donors (Lipinski definition) is 0. The minimum Gasteiger partial charge on any atom is -0.350 e. The van der Waals surface area contributed by atoms with Crippen LogP contribution in [0.15, 0.2) is 12.1 Å². The van der Waals surface area contributed by atoms with Gasteiger partial charge in [-0.3, -0.25) is 4.98 Å². The Bertz CT molecular complexity index is 334. The highest BCUT2D eigenvalue weighted by Gasteiger charge is 2.15. The SMILES string of the molecule is COC(OC)c1ccc2c(n1)CCCC2. The van der Waals surface area contributed by atoms with Gasteiger partial charge in [-0.1, -0.05) is 6.07 Å². The summed E-state index contributed by atoms with van der Waals surface area (Å²) in [4.78, 5) is 4.61. The van der Waals surface area contributed by atoms with Crippen LogP contribution in [0.2, 0.25) is 0 Å². The van der Waals surface area contributed by atoms with Crippen molar-refractivity contribution in [2.24, 2.45) is 0 Å². The van der Waals surface area contributed by atoms with Crippen LogP contribution in [0.25, 0.3) is 0 Å². The van der Waals surface area contributed by atoms with Gasteiger partial charge in [0, 0.05) is 19.9 Å². The predicted octanol–water partition coefficient (Wildman–Crippen LogP) is 2.25. The van der Waals surface area contributed by atoms with Crippen molar-refractivity contribution in [1.29, 1.82) is 0 Å². The van der Waals surface area contributed by atoms with Gasteiger partial charge >= 0.3 is 0 Å². The van der Waals surface area contributed by atoms with Crippen molar-refractivity contribution >= 4 is 0 Å². The summed E-state index contributed by atoms with van der Waals surface area (Å²) < 4.78 is 10.4. The van der Waals surface area contributed by atoms with Crippen LogP contribution in [0, 0.1) is 0 Å². The molecule has 1 aliphatic carbocycles. The zero-order valence-corrected chi connectivity index (χ0v) is 9.32. The summed E-state index contributed by atoms with van der Waals surface area (Å²) in [6.45, 7) is 0.